The van der Waals surface area contributed by atoms with Crippen LogP contribution in [0.25, 0.3) is 11.1 Å². The molecule has 0 N–H and O–H groups in total. The third-order valence-corrected chi connectivity index (χ3v) is 6.27. The molecule has 1 fully saturated rings. The van der Waals surface area contributed by atoms with Crippen LogP contribution in [-0.4, -0.2) is 0 Å². The third-order valence-electron chi connectivity index (χ3n) is 6.27. The number of halogens is 3. The second-order valence-electron chi connectivity index (χ2n) is 8.29. The number of hydrogen-bond donors (Lipinski definition) is 0. The third kappa shape index (κ3) is 5.40. The van der Waals surface area contributed by atoms with Gasteiger partial charge in [0.05, 0.1) is 0 Å². The summed E-state index contributed by atoms with van der Waals surface area (Å²) in [5.74, 6) is -1.48. The summed E-state index contributed by atoms with van der Waals surface area (Å²) in [6.45, 7) is 2.25. The molecule has 0 saturated heterocycles. The van der Waals surface area contributed by atoms with Crippen molar-refractivity contribution in [1.29, 1.82) is 0 Å². The predicted molar refractivity (Wildman–Crippen MR) is 110 cm³/mol. The monoisotopic (exact) mass is 388 g/mol. The number of unbranched alkanes of at least 4 members (excludes halogenated alkanes) is 4. The highest BCUT2D eigenvalue weighted by Crippen LogP contribution is 2.38. The van der Waals surface area contributed by atoms with Gasteiger partial charge in [-0.1, -0.05) is 69.7 Å². The normalized spacial score (nSPS) is 19.7. The van der Waals surface area contributed by atoms with Crippen LogP contribution in [0.15, 0.2) is 36.4 Å². The quantitative estimate of drug-likeness (QED) is 0.314. The maximum Gasteiger partial charge on any atom is 0.161 e. The molecule has 1 aliphatic rings. The highest BCUT2D eigenvalue weighted by atomic mass is 19.2. The minimum atomic E-state index is -1.15. The van der Waals surface area contributed by atoms with E-state index in [1.807, 2.05) is 24.3 Å². The fraction of sp³-hybridized carbons (Fsp3) is 0.520. The van der Waals surface area contributed by atoms with Crippen LogP contribution in [0.5, 0.6) is 0 Å². The molecule has 3 rings (SSSR count). The fourth-order valence-corrected chi connectivity index (χ4v) is 4.50. The van der Waals surface area contributed by atoms with Gasteiger partial charge < -0.3 is 0 Å². The van der Waals surface area contributed by atoms with Gasteiger partial charge in [0.15, 0.2) is 11.6 Å². The first-order valence-electron chi connectivity index (χ1n) is 10.8. The lowest BCUT2D eigenvalue weighted by molar-refractivity contribution is 0.302. The Labute approximate surface area is 167 Å². The van der Waals surface area contributed by atoms with Crippen molar-refractivity contribution in [2.75, 3.05) is 0 Å². The molecular formula is C25H31F3. The van der Waals surface area contributed by atoms with Gasteiger partial charge >= 0.3 is 0 Å². The molecular weight excluding hydrogens is 357 g/mol. The van der Waals surface area contributed by atoms with Crippen molar-refractivity contribution in [3.8, 4) is 11.1 Å². The minimum Gasteiger partial charge on any atom is -0.206 e. The highest BCUT2D eigenvalue weighted by Gasteiger charge is 2.22. The van der Waals surface area contributed by atoms with Crippen LogP contribution < -0.4 is 0 Å². The Morgan fingerprint density at radius 1 is 0.750 bits per heavy atom. The van der Waals surface area contributed by atoms with Crippen LogP contribution in [0.4, 0.5) is 13.2 Å². The fourth-order valence-electron chi connectivity index (χ4n) is 4.50. The lowest BCUT2D eigenvalue weighted by atomic mass is 9.77. The molecule has 1 aliphatic carbocycles. The van der Waals surface area contributed by atoms with E-state index >= 15 is 0 Å². The molecule has 1 saturated carbocycles. The molecule has 0 aliphatic heterocycles. The van der Waals surface area contributed by atoms with Crippen molar-refractivity contribution in [3.63, 3.8) is 0 Å². The Hall–Kier alpha value is -1.77. The lowest BCUT2D eigenvalue weighted by Crippen LogP contribution is -2.13. The molecule has 0 unspecified atom stereocenters. The number of hydrogen-bond acceptors (Lipinski definition) is 0. The van der Waals surface area contributed by atoms with Crippen molar-refractivity contribution in [2.24, 2.45) is 5.92 Å². The Morgan fingerprint density at radius 2 is 1.39 bits per heavy atom. The topological polar surface area (TPSA) is 0 Å². The molecule has 0 nitrogen and oxygen atoms in total. The minimum absolute atomic E-state index is 0.109. The van der Waals surface area contributed by atoms with E-state index in [0.29, 0.717) is 17.5 Å². The Kier molecular flexibility index (Phi) is 7.58. The summed E-state index contributed by atoms with van der Waals surface area (Å²) in [6.07, 6.45) is 13.1. The van der Waals surface area contributed by atoms with Crippen LogP contribution in [0, 0.1) is 23.4 Å². The second-order valence-corrected chi connectivity index (χ2v) is 8.29. The highest BCUT2D eigenvalue weighted by molar-refractivity contribution is 5.64. The molecule has 3 heteroatoms. The van der Waals surface area contributed by atoms with Gasteiger partial charge in [-0.3, -0.25) is 0 Å². The van der Waals surface area contributed by atoms with E-state index in [1.165, 1.54) is 69.8 Å². The largest absolute Gasteiger partial charge is 0.206 e. The smallest absolute Gasteiger partial charge is 0.161 e. The summed E-state index contributed by atoms with van der Waals surface area (Å²) in [7, 11) is 0. The molecule has 2 aromatic carbocycles. The van der Waals surface area contributed by atoms with Crippen molar-refractivity contribution < 1.29 is 13.2 Å². The van der Waals surface area contributed by atoms with Crippen LogP contribution in [0.3, 0.4) is 0 Å². The van der Waals surface area contributed by atoms with E-state index in [4.69, 9.17) is 0 Å². The standard InChI is InChI=1S/C25H31F3/c1-2-3-4-5-6-7-18-8-10-19(11-9-18)20-12-14-21(15-13-20)22-16-24(27)25(28)17-23(22)26/h12-19H,2-11H2,1H3/t18-,19-. The maximum absolute atomic E-state index is 14.0. The molecule has 28 heavy (non-hydrogen) atoms. The van der Waals surface area contributed by atoms with Gasteiger partial charge in [0.2, 0.25) is 0 Å². The summed E-state index contributed by atoms with van der Waals surface area (Å²) in [4.78, 5) is 0. The van der Waals surface area contributed by atoms with Gasteiger partial charge in [-0.15, -0.1) is 0 Å². The van der Waals surface area contributed by atoms with Gasteiger partial charge in [0, 0.05) is 11.6 Å². The zero-order valence-corrected chi connectivity index (χ0v) is 16.8. The van der Waals surface area contributed by atoms with E-state index in [9.17, 15) is 13.2 Å². The first-order chi connectivity index (χ1) is 13.6. The first-order valence-corrected chi connectivity index (χ1v) is 10.8. The molecule has 0 atom stereocenters. The van der Waals surface area contributed by atoms with Crippen molar-refractivity contribution in [3.05, 3.63) is 59.4 Å². The van der Waals surface area contributed by atoms with Crippen molar-refractivity contribution >= 4 is 0 Å². The number of rotatable bonds is 8. The predicted octanol–water partition coefficient (Wildman–Crippen LogP) is 8.41. The van der Waals surface area contributed by atoms with Gasteiger partial charge in [-0.05, 0) is 54.7 Å². The van der Waals surface area contributed by atoms with E-state index in [1.54, 1.807) is 0 Å². The average Bonchev–Trinajstić information content (AvgIpc) is 2.71. The van der Waals surface area contributed by atoms with Gasteiger partial charge in [0.25, 0.3) is 0 Å². The zero-order valence-electron chi connectivity index (χ0n) is 16.8. The SMILES string of the molecule is CCCCCCC[C@H]1CC[C@H](c2ccc(-c3cc(F)c(F)cc3F)cc2)CC1. The van der Waals surface area contributed by atoms with Crippen LogP contribution >= 0.6 is 0 Å². The molecule has 2 aromatic rings. The molecule has 0 spiro atoms. The summed E-state index contributed by atoms with van der Waals surface area (Å²) in [6, 6.07) is 9.24. The summed E-state index contributed by atoms with van der Waals surface area (Å²) in [5.41, 5.74) is 1.96. The average molecular weight is 389 g/mol. The van der Waals surface area contributed by atoms with E-state index < -0.39 is 17.5 Å². The Morgan fingerprint density at radius 3 is 2.07 bits per heavy atom. The van der Waals surface area contributed by atoms with E-state index in [2.05, 4.69) is 6.92 Å². The molecule has 0 heterocycles. The summed E-state index contributed by atoms with van der Waals surface area (Å²) >= 11 is 0. The zero-order chi connectivity index (χ0) is 19.9. The van der Waals surface area contributed by atoms with Crippen LogP contribution in [0.1, 0.15) is 82.6 Å². The molecule has 0 amide bonds. The molecule has 0 bridgehead atoms. The Bertz CT molecular complexity index is 743. The van der Waals surface area contributed by atoms with Crippen molar-refractivity contribution in [1.82, 2.24) is 0 Å². The van der Waals surface area contributed by atoms with E-state index in [-0.39, 0.29) is 5.56 Å². The van der Waals surface area contributed by atoms with E-state index in [0.717, 1.165) is 12.0 Å². The summed E-state index contributed by atoms with van der Waals surface area (Å²) < 4.78 is 40.6. The van der Waals surface area contributed by atoms with Gasteiger partial charge in [0.1, 0.15) is 5.82 Å². The molecule has 0 aromatic heterocycles. The van der Waals surface area contributed by atoms with Gasteiger partial charge in [-0.25, -0.2) is 13.2 Å². The second kappa shape index (κ2) is 10.1. The van der Waals surface area contributed by atoms with Crippen LogP contribution in [0.2, 0.25) is 0 Å². The van der Waals surface area contributed by atoms with Gasteiger partial charge in [-0.2, -0.15) is 0 Å². The van der Waals surface area contributed by atoms with Crippen molar-refractivity contribution in [2.45, 2.75) is 77.0 Å². The lowest BCUT2D eigenvalue weighted by Gasteiger charge is -2.29. The maximum atomic E-state index is 14.0. The number of benzene rings is 2. The Balaban J connectivity index is 1.53. The van der Waals surface area contributed by atoms with Crippen LogP contribution in [-0.2, 0) is 0 Å². The summed E-state index contributed by atoms with van der Waals surface area (Å²) in [5, 5.41) is 0. The first kappa shape index (κ1) is 21.0. The molecule has 0 radical (unpaired) electrons. The molecule has 152 valence electrons.